The van der Waals surface area contributed by atoms with Crippen molar-refractivity contribution >= 4 is 5.97 Å². The number of esters is 1. The molecule has 2 atom stereocenters. The number of hydrogen-bond donors (Lipinski definition) is 1. The van der Waals surface area contributed by atoms with Gasteiger partial charge in [0.05, 0.1) is 12.8 Å². The van der Waals surface area contributed by atoms with Crippen molar-refractivity contribution in [2.24, 2.45) is 7.05 Å². The second kappa shape index (κ2) is 5.12. The summed E-state index contributed by atoms with van der Waals surface area (Å²) in [6.07, 6.45) is 1.96. The van der Waals surface area contributed by atoms with Crippen LogP contribution in [0.2, 0.25) is 0 Å². The third-order valence-electron chi connectivity index (χ3n) is 2.57. The quantitative estimate of drug-likeness (QED) is 0.775. The summed E-state index contributed by atoms with van der Waals surface area (Å²) in [5, 5.41) is 7.44. The van der Waals surface area contributed by atoms with Crippen LogP contribution in [0.1, 0.15) is 31.1 Å². The number of aryl methyl sites for hydroxylation is 2. The molecular weight excluding hydrogens is 206 g/mol. The van der Waals surface area contributed by atoms with Gasteiger partial charge in [0.25, 0.3) is 0 Å². The van der Waals surface area contributed by atoms with Crippen LogP contribution in [0.15, 0.2) is 6.20 Å². The fraction of sp³-hybridized carbons (Fsp3) is 0.636. The third kappa shape index (κ3) is 2.82. The Labute approximate surface area is 95.8 Å². The van der Waals surface area contributed by atoms with Crippen LogP contribution >= 0.6 is 0 Å². The smallest absolute Gasteiger partial charge is 0.322 e. The summed E-state index contributed by atoms with van der Waals surface area (Å²) in [6, 6.07) is -0.248. The molecule has 5 heteroatoms. The zero-order chi connectivity index (χ0) is 12.3. The highest BCUT2D eigenvalue weighted by atomic mass is 16.5. The van der Waals surface area contributed by atoms with E-state index in [0.717, 1.165) is 11.3 Å². The molecule has 0 aliphatic rings. The van der Waals surface area contributed by atoms with Gasteiger partial charge >= 0.3 is 5.97 Å². The van der Waals surface area contributed by atoms with Crippen molar-refractivity contribution in [3.05, 3.63) is 17.5 Å². The Morgan fingerprint density at radius 3 is 2.62 bits per heavy atom. The maximum absolute atomic E-state index is 11.3. The molecule has 0 fully saturated rings. The van der Waals surface area contributed by atoms with E-state index in [9.17, 15) is 4.79 Å². The van der Waals surface area contributed by atoms with Gasteiger partial charge in [0.1, 0.15) is 6.04 Å². The number of carbonyl (C=O) groups is 1. The summed E-state index contributed by atoms with van der Waals surface area (Å²) < 4.78 is 6.43. The molecule has 1 unspecified atom stereocenters. The van der Waals surface area contributed by atoms with Gasteiger partial charge in [0.15, 0.2) is 0 Å². The van der Waals surface area contributed by atoms with Crippen LogP contribution in [0.3, 0.4) is 0 Å². The number of carbonyl (C=O) groups excluding carboxylic acids is 1. The van der Waals surface area contributed by atoms with Gasteiger partial charge in [0.2, 0.25) is 0 Å². The van der Waals surface area contributed by atoms with Gasteiger partial charge in [-0.15, -0.1) is 0 Å². The third-order valence-corrected chi connectivity index (χ3v) is 2.57. The summed E-state index contributed by atoms with van der Waals surface area (Å²) in [7, 11) is 3.27. The van der Waals surface area contributed by atoms with E-state index in [-0.39, 0.29) is 18.1 Å². The minimum atomic E-state index is -0.320. The van der Waals surface area contributed by atoms with Crippen molar-refractivity contribution < 1.29 is 9.53 Å². The lowest BCUT2D eigenvalue weighted by molar-refractivity contribution is -0.142. The number of aromatic nitrogens is 2. The second-order valence-electron chi connectivity index (χ2n) is 3.98. The molecule has 1 heterocycles. The van der Waals surface area contributed by atoms with Crippen LogP contribution in [0.4, 0.5) is 0 Å². The van der Waals surface area contributed by atoms with Gasteiger partial charge in [-0.25, -0.2) is 0 Å². The molecule has 1 aromatic heterocycles. The van der Waals surface area contributed by atoms with E-state index in [1.165, 1.54) is 7.11 Å². The van der Waals surface area contributed by atoms with Crippen LogP contribution < -0.4 is 5.32 Å². The van der Waals surface area contributed by atoms with Gasteiger partial charge in [-0.3, -0.25) is 14.8 Å². The van der Waals surface area contributed by atoms with Gasteiger partial charge < -0.3 is 4.74 Å². The lowest BCUT2D eigenvalue weighted by Gasteiger charge is -2.17. The molecule has 1 N–H and O–H groups in total. The molecule has 16 heavy (non-hydrogen) atoms. The Morgan fingerprint density at radius 1 is 1.56 bits per heavy atom. The van der Waals surface area contributed by atoms with E-state index in [2.05, 4.69) is 15.2 Å². The minimum absolute atomic E-state index is 0.0720. The molecule has 0 saturated heterocycles. The van der Waals surface area contributed by atoms with Crippen molar-refractivity contribution in [1.29, 1.82) is 0 Å². The highest BCUT2D eigenvalue weighted by Crippen LogP contribution is 2.16. The lowest BCUT2D eigenvalue weighted by Crippen LogP contribution is -2.36. The first-order valence-electron chi connectivity index (χ1n) is 5.29. The van der Waals surface area contributed by atoms with Crippen molar-refractivity contribution in [3.8, 4) is 0 Å². The molecule has 5 nitrogen and oxygen atoms in total. The summed E-state index contributed by atoms with van der Waals surface area (Å²) >= 11 is 0. The van der Waals surface area contributed by atoms with Crippen LogP contribution in [-0.4, -0.2) is 28.9 Å². The molecule has 1 aromatic rings. The summed E-state index contributed by atoms with van der Waals surface area (Å²) in [5.74, 6) is -0.256. The summed E-state index contributed by atoms with van der Waals surface area (Å²) in [4.78, 5) is 11.3. The van der Waals surface area contributed by atoms with Crippen molar-refractivity contribution in [2.45, 2.75) is 32.9 Å². The SMILES string of the molecule is COC(=O)[C@H](C)NC(C)c1cn(C)nc1C. The number of methoxy groups -OCH3 is 1. The first kappa shape index (κ1) is 12.7. The fourth-order valence-corrected chi connectivity index (χ4v) is 1.75. The molecule has 0 spiro atoms. The molecule has 90 valence electrons. The molecule has 0 radical (unpaired) electrons. The van der Waals surface area contributed by atoms with Crippen molar-refractivity contribution in [3.63, 3.8) is 0 Å². The van der Waals surface area contributed by atoms with Crippen LogP contribution in [0.25, 0.3) is 0 Å². The van der Waals surface area contributed by atoms with Crippen LogP contribution in [-0.2, 0) is 16.6 Å². The zero-order valence-corrected chi connectivity index (χ0v) is 10.4. The molecule has 0 saturated carbocycles. The normalized spacial score (nSPS) is 14.6. The van der Waals surface area contributed by atoms with Gasteiger partial charge in [0, 0.05) is 24.8 Å². The molecule has 1 rings (SSSR count). The Bertz CT molecular complexity index is 373. The molecule has 0 aliphatic heterocycles. The number of nitrogens with zero attached hydrogens (tertiary/aromatic N) is 2. The standard InChI is InChI=1S/C11H19N3O2/c1-7(12-9(3)11(15)16-5)10-6-14(4)13-8(10)2/h6-7,9,12H,1-5H3/t7?,9-/m0/s1. The monoisotopic (exact) mass is 225 g/mol. The molecule has 0 bridgehead atoms. The fourth-order valence-electron chi connectivity index (χ4n) is 1.75. The van der Waals surface area contributed by atoms with Crippen molar-refractivity contribution in [2.75, 3.05) is 7.11 Å². The van der Waals surface area contributed by atoms with Gasteiger partial charge in [-0.1, -0.05) is 0 Å². The Morgan fingerprint density at radius 2 is 2.19 bits per heavy atom. The lowest BCUT2D eigenvalue weighted by atomic mass is 10.1. The highest BCUT2D eigenvalue weighted by Gasteiger charge is 2.18. The Balaban J connectivity index is 2.68. The van der Waals surface area contributed by atoms with E-state index in [4.69, 9.17) is 0 Å². The van der Waals surface area contributed by atoms with E-state index >= 15 is 0 Å². The Kier molecular flexibility index (Phi) is 4.06. The summed E-state index contributed by atoms with van der Waals surface area (Å²) in [6.45, 7) is 5.74. The van der Waals surface area contributed by atoms with E-state index in [0.29, 0.717) is 0 Å². The van der Waals surface area contributed by atoms with E-state index in [1.54, 1.807) is 11.6 Å². The predicted molar refractivity (Wildman–Crippen MR) is 61.0 cm³/mol. The first-order chi connectivity index (χ1) is 7.45. The van der Waals surface area contributed by atoms with Crippen molar-refractivity contribution in [1.82, 2.24) is 15.1 Å². The predicted octanol–water partition coefficient (Wildman–Crippen LogP) is 0.941. The second-order valence-corrected chi connectivity index (χ2v) is 3.98. The molecular formula is C11H19N3O2. The zero-order valence-electron chi connectivity index (χ0n) is 10.4. The van der Waals surface area contributed by atoms with Crippen LogP contribution in [0.5, 0.6) is 0 Å². The molecule has 0 amide bonds. The largest absolute Gasteiger partial charge is 0.468 e. The maximum Gasteiger partial charge on any atom is 0.322 e. The van der Waals surface area contributed by atoms with Crippen LogP contribution in [0, 0.1) is 6.92 Å². The first-order valence-corrected chi connectivity index (χ1v) is 5.29. The van der Waals surface area contributed by atoms with Gasteiger partial charge in [-0.2, -0.15) is 5.10 Å². The number of rotatable bonds is 4. The average molecular weight is 225 g/mol. The average Bonchev–Trinajstić information content (AvgIpc) is 2.56. The topological polar surface area (TPSA) is 56.1 Å². The van der Waals surface area contributed by atoms with E-state index in [1.807, 2.05) is 27.1 Å². The maximum atomic E-state index is 11.3. The number of ether oxygens (including phenoxy) is 1. The summed E-state index contributed by atoms with van der Waals surface area (Å²) in [5.41, 5.74) is 2.07. The van der Waals surface area contributed by atoms with E-state index < -0.39 is 0 Å². The van der Waals surface area contributed by atoms with Gasteiger partial charge in [-0.05, 0) is 20.8 Å². The molecule has 0 aromatic carbocycles. The number of nitrogens with one attached hydrogen (secondary N) is 1. The molecule has 0 aliphatic carbocycles. The number of hydrogen-bond acceptors (Lipinski definition) is 4. The minimum Gasteiger partial charge on any atom is -0.468 e. The highest BCUT2D eigenvalue weighted by molar-refractivity contribution is 5.75. The Hall–Kier alpha value is -1.36.